The lowest BCUT2D eigenvalue weighted by Crippen LogP contribution is -2.27. The topological polar surface area (TPSA) is 66.5 Å². The molecule has 7 heteroatoms. The van der Waals surface area contributed by atoms with Gasteiger partial charge in [0.15, 0.2) is 0 Å². The average Bonchev–Trinajstić information content (AvgIpc) is 2.79. The number of hydrogen-bond acceptors (Lipinski definition) is 4. The first-order valence-corrected chi connectivity index (χ1v) is 10.9. The summed E-state index contributed by atoms with van der Waals surface area (Å²) in [6.07, 6.45) is 0.741. The summed E-state index contributed by atoms with van der Waals surface area (Å²) in [5.41, 5.74) is 2.19. The molecule has 1 aliphatic rings. The number of para-hydroxylation sites is 1. The van der Waals surface area contributed by atoms with Gasteiger partial charge in [0.1, 0.15) is 0 Å². The summed E-state index contributed by atoms with van der Waals surface area (Å²) in [5.74, 6) is 0.469. The molecular weight excluding hydrogens is 368 g/mol. The zero-order chi connectivity index (χ0) is 18.9. The Balaban J connectivity index is 2.00. The fraction of sp³-hybridized carbons (Fsp3) is 0.316. The zero-order valence-corrected chi connectivity index (χ0v) is 16.7. The fourth-order valence-corrected chi connectivity index (χ4v) is 5.11. The molecule has 0 spiro atoms. The van der Waals surface area contributed by atoms with E-state index in [1.54, 1.807) is 43.1 Å². The first-order valence-electron chi connectivity index (χ1n) is 8.49. The molecule has 5 nitrogen and oxygen atoms in total. The number of carbonyl (C=O) groups excluding carboxylic acids is 1. The maximum Gasteiger partial charge on any atom is 0.264 e. The minimum Gasteiger partial charge on any atom is -0.325 e. The van der Waals surface area contributed by atoms with Crippen molar-refractivity contribution in [3.05, 3.63) is 48.0 Å². The second-order valence-corrected chi connectivity index (χ2v) is 9.35. The van der Waals surface area contributed by atoms with Crippen LogP contribution in [0.1, 0.15) is 19.4 Å². The van der Waals surface area contributed by atoms with E-state index in [0.29, 0.717) is 17.1 Å². The third-order valence-corrected chi connectivity index (χ3v) is 7.62. The Labute approximate surface area is 158 Å². The van der Waals surface area contributed by atoms with Gasteiger partial charge in [-0.25, -0.2) is 8.42 Å². The maximum atomic E-state index is 13.1. The number of carbonyl (C=O) groups is 1. The van der Waals surface area contributed by atoms with Crippen LogP contribution in [-0.2, 0) is 21.2 Å². The van der Waals surface area contributed by atoms with E-state index in [4.69, 9.17) is 0 Å². The van der Waals surface area contributed by atoms with Crippen LogP contribution < -0.4 is 9.62 Å². The minimum atomic E-state index is -3.73. The predicted molar refractivity (Wildman–Crippen MR) is 106 cm³/mol. The molecule has 1 aliphatic heterocycles. The molecule has 0 saturated carbocycles. The number of sulfonamides is 1. The van der Waals surface area contributed by atoms with E-state index in [1.165, 1.54) is 4.31 Å². The number of rotatable bonds is 4. The Morgan fingerprint density at radius 1 is 1.23 bits per heavy atom. The molecule has 0 bridgehead atoms. The van der Waals surface area contributed by atoms with Crippen LogP contribution in [0.3, 0.4) is 0 Å². The van der Waals surface area contributed by atoms with Gasteiger partial charge in [0.2, 0.25) is 5.91 Å². The van der Waals surface area contributed by atoms with Crippen LogP contribution in [0, 0.1) is 5.92 Å². The van der Waals surface area contributed by atoms with Crippen LogP contribution in [0.25, 0.3) is 0 Å². The number of aryl methyl sites for hydroxylation is 1. The summed E-state index contributed by atoms with van der Waals surface area (Å²) < 4.78 is 27.6. The van der Waals surface area contributed by atoms with Crippen molar-refractivity contribution < 1.29 is 13.2 Å². The van der Waals surface area contributed by atoms with E-state index in [0.717, 1.165) is 16.9 Å². The van der Waals surface area contributed by atoms with E-state index in [1.807, 2.05) is 32.0 Å². The second kappa shape index (κ2) is 7.32. The van der Waals surface area contributed by atoms with Crippen molar-refractivity contribution in [1.82, 2.24) is 0 Å². The molecule has 138 valence electrons. The Kier molecular flexibility index (Phi) is 5.29. The molecular formula is C19H22N2O3S2. The number of thioether (sulfide) groups is 1. The standard InChI is InChI=1S/C19H22N2O3S2/c1-4-14-7-5-6-8-17(14)21(3)26(23,24)15-9-10-18-16(11-15)20-19(22)13(2)12-25-18/h5-11,13H,4,12H2,1-3H3,(H,20,22)/t13-/m1/s1. The van der Waals surface area contributed by atoms with Crippen LogP contribution in [-0.4, -0.2) is 27.1 Å². The minimum absolute atomic E-state index is 0.0875. The Morgan fingerprint density at radius 2 is 1.96 bits per heavy atom. The lowest BCUT2D eigenvalue weighted by atomic mass is 10.1. The Bertz CT molecular complexity index is 942. The third kappa shape index (κ3) is 3.46. The summed E-state index contributed by atoms with van der Waals surface area (Å²) >= 11 is 1.56. The molecule has 0 fully saturated rings. The maximum absolute atomic E-state index is 13.1. The number of nitrogens with zero attached hydrogens (tertiary/aromatic N) is 1. The quantitative estimate of drug-likeness (QED) is 0.863. The van der Waals surface area contributed by atoms with Crippen molar-refractivity contribution in [2.75, 3.05) is 22.4 Å². The normalized spacial score (nSPS) is 17.2. The first kappa shape index (κ1) is 18.8. The molecule has 2 aromatic rings. The Hall–Kier alpha value is -1.99. The number of fused-ring (bicyclic) bond motifs is 1. The highest BCUT2D eigenvalue weighted by atomic mass is 32.2. The van der Waals surface area contributed by atoms with Crippen LogP contribution >= 0.6 is 11.8 Å². The van der Waals surface area contributed by atoms with Crippen molar-refractivity contribution in [2.24, 2.45) is 5.92 Å². The van der Waals surface area contributed by atoms with Crippen LogP contribution in [0.15, 0.2) is 52.3 Å². The van der Waals surface area contributed by atoms with Crippen molar-refractivity contribution in [3.63, 3.8) is 0 Å². The van der Waals surface area contributed by atoms with Gasteiger partial charge in [-0.1, -0.05) is 32.0 Å². The molecule has 0 aliphatic carbocycles. The molecule has 1 atom stereocenters. The van der Waals surface area contributed by atoms with Gasteiger partial charge in [-0.2, -0.15) is 0 Å². The van der Waals surface area contributed by atoms with E-state index in [9.17, 15) is 13.2 Å². The van der Waals surface area contributed by atoms with E-state index >= 15 is 0 Å². The molecule has 1 amide bonds. The van der Waals surface area contributed by atoms with Crippen LogP contribution in [0.2, 0.25) is 0 Å². The van der Waals surface area contributed by atoms with Gasteiger partial charge < -0.3 is 5.32 Å². The first-order chi connectivity index (χ1) is 12.3. The highest BCUT2D eigenvalue weighted by Crippen LogP contribution is 2.35. The van der Waals surface area contributed by atoms with Crippen molar-refractivity contribution >= 4 is 39.1 Å². The summed E-state index contributed by atoms with van der Waals surface area (Å²) in [7, 11) is -2.17. The highest BCUT2D eigenvalue weighted by molar-refractivity contribution is 7.99. The van der Waals surface area contributed by atoms with E-state index in [2.05, 4.69) is 5.32 Å². The van der Waals surface area contributed by atoms with Gasteiger partial charge in [-0.15, -0.1) is 11.8 Å². The van der Waals surface area contributed by atoms with E-state index in [-0.39, 0.29) is 16.7 Å². The summed E-state index contributed by atoms with van der Waals surface area (Å²) in [5, 5.41) is 2.84. The molecule has 2 aromatic carbocycles. The predicted octanol–water partition coefficient (Wildman–Crippen LogP) is 3.75. The van der Waals surface area contributed by atoms with Gasteiger partial charge in [-0.05, 0) is 36.2 Å². The fourth-order valence-electron chi connectivity index (χ4n) is 2.84. The summed E-state index contributed by atoms with van der Waals surface area (Å²) in [4.78, 5) is 13.1. The van der Waals surface area contributed by atoms with Crippen molar-refractivity contribution in [3.8, 4) is 0 Å². The number of amides is 1. The lowest BCUT2D eigenvalue weighted by molar-refractivity contribution is -0.118. The largest absolute Gasteiger partial charge is 0.325 e. The zero-order valence-electron chi connectivity index (χ0n) is 15.0. The third-order valence-electron chi connectivity index (χ3n) is 4.52. The number of nitrogens with one attached hydrogen (secondary N) is 1. The second-order valence-electron chi connectivity index (χ2n) is 6.31. The highest BCUT2D eigenvalue weighted by Gasteiger charge is 2.26. The Morgan fingerprint density at radius 3 is 2.69 bits per heavy atom. The lowest BCUT2D eigenvalue weighted by Gasteiger charge is -2.22. The number of hydrogen-bond donors (Lipinski definition) is 1. The SMILES string of the molecule is CCc1ccccc1N(C)S(=O)(=O)c1ccc2c(c1)NC(=O)[C@H](C)CS2. The monoisotopic (exact) mass is 390 g/mol. The molecule has 0 radical (unpaired) electrons. The summed E-state index contributed by atoms with van der Waals surface area (Å²) in [6.45, 7) is 3.86. The molecule has 0 unspecified atom stereocenters. The molecule has 1 heterocycles. The van der Waals surface area contributed by atoms with Crippen molar-refractivity contribution in [1.29, 1.82) is 0 Å². The molecule has 0 saturated heterocycles. The van der Waals surface area contributed by atoms with Crippen LogP contribution in [0.5, 0.6) is 0 Å². The van der Waals surface area contributed by atoms with Gasteiger partial charge in [0.25, 0.3) is 10.0 Å². The molecule has 1 N–H and O–H groups in total. The molecule has 26 heavy (non-hydrogen) atoms. The number of benzene rings is 2. The van der Waals surface area contributed by atoms with Gasteiger partial charge in [0, 0.05) is 23.6 Å². The van der Waals surface area contributed by atoms with E-state index < -0.39 is 10.0 Å². The smallest absolute Gasteiger partial charge is 0.264 e. The van der Waals surface area contributed by atoms with Gasteiger partial charge >= 0.3 is 0 Å². The number of anilines is 2. The van der Waals surface area contributed by atoms with Gasteiger partial charge in [0.05, 0.1) is 16.3 Å². The van der Waals surface area contributed by atoms with Crippen LogP contribution in [0.4, 0.5) is 11.4 Å². The van der Waals surface area contributed by atoms with Crippen molar-refractivity contribution in [2.45, 2.75) is 30.1 Å². The summed E-state index contributed by atoms with van der Waals surface area (Å²) in [6, 6.07) is 12.4. The molecule has 3 rings (SSSR count). The van der Waals surface area contributed by atoms with Gasteiger partial charge in [-0.3, -0.25) is 9.10 Å². The molecule has 0 aromatic heterocycles. The average molecular weight is 391 g/mol.